The quantitative estimate of drug-likeness (QED) is 0.815. The zero-order chi connectivity index (χ0) is 12.5. The molecule has 0 aliphatic carbocycles. The van der Waals surface area contributed by atoms with E-state index in [0.29, 0.717) is 4.47 Å². The molecule has 0 saturated carbocycles. The highest BCUT2D eigenvalue weighted by atomic mass is 79.9. The maximum absolute atomic E-state index is 12.0. The second-order valence-corrected chi connectivity index (χ2v) is 4.43. The van der Waals surface area contributed by atoms with E-state index in [9.17, 15) is 18.0 Å². The monoisotopic (exact) mass is 335 g/mol. The molecule has 1 aromatic carbocycles. The second-order valence-electron chi connectivity index (χ2n) is 2.70. The number of halogens is 6. The minimum Gasteiger partial charge on any atom is -0.316 e. The lowest BCUT2D eigenvalue weighted by molar-refractivity contribution is -0.167. The Morgan fingerprint density at radius 3 is 2.06 bits per heavy atom. The van der Waals surface area contributed by atoms with E-state index in [4.69, 9.17) is 23.2 Å². The molecule has 0 aliphatic heterocycles. The number of carbonyl (C=O) groups is 1. The largest absolute Gasteiger partial charge is 0.471 e. The van der Waals surface area contributed by atoms with E-state index in [1.54, 1.807) is 5.32 Å². The van der Waals surface area contributed by atoms with Gasteiger partial charge in [0.15, 0.2) is 0 Å². The third-order valence-electron chi connectivity index (χ3n) is 1.50. The van der Waals surface area contributed by atoms with Gasteiger partial charge in [-0.1, -0.05) is 39.1 Å². The Hall–Kier alpha value is -0.460. The molecular formula is C8H3BrCl2F3NO. The van der Waals surface area contributed by atoms with E-state index >= 15 is 0 Å². The highest BCUT2D eigenvalue weighted by Crippen LogP contribution is 2.34. The smallest absolute Gasteiger partial charge is 0.316 e. The van der Waals surface area contributed by atoms with E-state index in [1.165, 1.54) is 12.1 Å². The SMILES string of the molecule is O=C(Nc1c(Cl)cc(Br)cc1Cl)C(F)(F)F. The molecule has 1 amide bonds. The van der Waals surface area contributed by atoms with Crippen LogP contribution in [-0.4, -0.2) is 12.1 Å². The summed E-state index contributed by atoms with van der Waals surface area (Å²) < 4.78 is 36.4. The van der Waals surface area contributed by atoms with Gasteiger partial charge < -0.3 is 5.32 Å². The van der Waals surface area contributed by atoms with Crippen molar-refractivity contribution in [2.75, 3.05) is 5.32 Å². The fourth-order valence-corrected chi connectivity index (χ4v) is 2.15. The molecule has 0 saturated heterocycles. The lowest BCUT2D eigenvalue weighted by Crippen LogP contribution is -2.30. The van der Waals surface area contributed by atoms with Crippen molar-refractivity contribution in [3.8, 4) is 0 Å². The second kappa shape index (κ2) is 4.81. The molecule has 0 fully saturated rings. The Bertz CT molecular complexity index is 413. The van der Waals surface area contributed by atoms with Gasteiger partial charge in [0, 0.05) is 4.47 Å². The third kappa shape index (κ3) is 3.26. The third-order valence-corrected chi connectivity index (χ3v) is 2.56. The predicted octanol–water partition coefficient (Wildman–Crippen LogP) is 4.26. The number of amides is 1. The Morgan fingerprint density at radius 2 is 1.69 bits per heavy atom. The molecule has 0 heterocycles. The average molecular weight is 337 g/mol. The van der Waals surface area contributed by atoms with Crippen LogP contribution in [0.15, 0.2) is 16.6 Å². The van der Waals surface area contributed by atoms with Gasteiger partial charge in [-0.25, -0.2) is 0 Å². The minimum atomic E-state index is -4.99. The summed E-state index contributed by atoms with van der Waals surface area (Å²) in [6.45, 7) is 0. The standard InChI is InChI=1S/C8H3BrCl2F3NO/c9-3-1-4(10)6(5(11)2-3)15-7(16)8(12,13)14/h1-2H,(H,15,16). The molecule has 0 radical (unpaired) electrons. The zero-order valence-electron chi connectivity index (χ0n) is 7.33. The molecule has 0 aromatic heterocycles. The molecule has 16 heavy (non-hydrogen) atoms. The van der Waals surface area contributed by atoms with Gasteiger partial charge >= 0.3 is 12.1 Å². The van der Waals surface area contributed by atoms with Gasteiger partial charge in [-0.3, -0.25) is 4.79 Å². The molecule has 1 rings (SSSR count). The first-order valence-electron chi connectivity index (χ1n) is 3.74. The summed E-state index contributed by atoms with van der Waals surface area (Å²) in [6, 6.07) is 2.64. The number of hydrogen-bond donors (Lipinski definition) is 1. The van der Waals surface area contributed by atoms with Gasteiger partial charge in [0.1, 0.15) is 0 Å². The lowest BCUT2D eigenvalue weighted by Gasteiger charge is -2.11. The summed E-state index contributed by atoms with van der Waals surface area (Å²) in [5.74, 6) is -2.13. The Morgan fingerprint density at radius 1 is 1.25 bits per heavy atom. The van der Waals surface area contributed by atoms with E-state index < -0.39 is 12.1 Å². The lowest BCUT2D eigenvalue weighted by atomic mass is 10.3. The first kappa shape index (κ1) is 13.6. The van der Waals surface area contributed by atoms with Crippen molar-refractivity contribution in [3.05, 3.63) is 26.7 Å². The molecular weight excluding hydrogens is 334 g/mol. The maximum Gasteiger partial charge on any atom is 0.471 e. The van der Waals surface area contributed by atoms with Crippen LogP contribution < -0.4 is 5.32 Å². The Kier molecular flexibility index (Phi) is 4.09. The number of alkyl halides is 3. The molecule has 0 unspecified atom stereocenters. The number of anilines is 1. The highest BCUT2D eigenvalue weighted by Gasteiger charge is 2.39. The van der Waals surface area contributed by atoms with Crippen LogP contribution in [-0.2, 0) is 4.79 Å². The van der Waals surface area contributed by atoms with Crippen molar-refractivity contribution in [2.24, 2.45) is 0 Å². The summed E-state index contributed by atoms with van der Waals surface area (Å²) in [4.78, 5) is 10.7. The number of rotatable bonds is 1. The Balaban J connectivity index is 3.03. The normalized spacial score (nSPS) is 11.4. The first-order chi connectivity index (χ1) is 7.21. The molecule has 0 aliphatic rings. The predicted molar refractivity (Wildman–Crippen MR) is 58.8 cm³/mol. The van der Waals surface area contributed by atoms with E-state index in [-0.39, 0.29) is 15.7 Å². The van der Waals surface area contributed by atoms with Crippen molar-refractivity contribution in [3.63, 3.8) is 0 Å². The van der Waals surface area contributed by atoms with Gasteiger partial charge in [0.25, 0.3) is 0 Å². The molecule has 8 heteroatoms. The fraction of sp³-hybridized carbons (Fsp3) is 0.125. The van der Waals surface area contributed by atoms with E-state index in [0.717, 1.165) is 0 Å². The topological polar surface area (TPSA) is 29.1 Å². The zero-order valence-corrected chi connectivity index (χ0v) is 10.4. The molecule has 88 valence electrons. The van der Waals surface area contributed by atoms with Crippen molar-refractivity contribution in [1.82, 2.24) is 0 Å². The van der Waals surface area contributed by atoms with E-state index in [2.05, 4.69) is 15.9 Å². The van der Waals surface area contributed by atoms with Crippen LogP contribution in [0.5, 0.6) is 0 Å². The number of carbonyl (C=O) groups excluding carboxylic acids is 1. The minimum absolute atomic E-state index is 0.0861. The fourth-order valence-electron chi connectivity index (χ4n) is 0.846. The van der Waals surface area contributed by atoms with Gasteiger partial charge in [-0.2, -0.15) is 13.2 Å². The summed E-state index contributed by atoms with van der Waals surface area (Å²) in [5, 5.41) is 1.42. The average Bonchev–Trinajstić information content (AvgIpc) is 2.08. The van der Waals surface area contributed by atoms with Crippen molar-refractivity contribution in [2.45, 2.75) is 6.18 Å². The van der Waals surface area contributed by atoms with Gasteiger partial charge in [0.05, 0.1) is 15.7 Å². The molecule has 0 atom stereocenters. The van der Waals surface area contributed by atoms with Crippen LogP contribution in [0.25, 0.3) is 0 Å². The van der Waals surface area contributed by atoms with E-state index in [1.807, 2.05) is 0 Å². The summed E-state index contributed by atoms with van der Waals surface area (Å²) in [7, 11) is 0. The van der Waals surface area contributed by atoms with Crippen LogP contribution in [0.4, 0.5) is 18.9 Å². The number of nitrogens with one attached hydrogen (secondary N) is 1. The molecule has 1 N–H and O–H groups in total. The molecule has 0 spiro atoms. The van der Waals surface area contributed by atoms with Crippen LogP contribution in [0.2, 0.25) is 10.0 Å². The highest BCUT2D eigenvalue weighted by molar-refractivity contribution is 9.10. The van der Waals surface area contributed by atoms with Crippen LogP contribution >= 0.6 is 39.1 Å². The number of benzene rings is 1. The van der Waals surface area contributed by atoms with Crippen molar-refractivity contribution in [1.29, 1.82) is 0 Å². The van der Waals surface area contributed by atoms with Gasteiger partial charge in [0.2, 0.25) is 0 Å². The van der Waals surface area contributed by atoms with Gasteiger partial charge in [-0.05, 0) is 12.1 Å². The number of hydrogen-bond acceptors (Lipinski definition) is 1. The summed E-state index contributed by atoms with van der Waals surface area (Å²) in [6.07, 6.45) is -4.99. The molecule has 0 bridgehead atoms. The van der Waals surface area contributed by atoms with Crippen LogP contribution in [0.1, 0.15) is 0 Å². The van der Waals surface area contributed by atoms with Crippen LogP contribution in [0.3, 0.4) is 0 Å². The molecule has 2 nitrogen and oxygen atoms in total. The maximum atomic E-state index is 12.0. The van der Waals surface area contributed by atoms with Crippen molar-refractivity contribution < 1.29 is 18.0 Å². The van der Waals surface area contributed by atoms with Crippen LogP contribution in [0, 0.1) is 0 Å². The Labute approximate surface area is 107 Å². The summed E-state index contributed by atoms with van der Waals surface area (Å²) >= 11 is 14.3. The van der Waals surface area contributed by atoms with Crippen molar-refractivity contribution >= 4 is 50.7 Å². The molecule has 1 aromatic rings. The van der Waals surface area contributed by atoms with Gasteiger partial charge in [-0.15, -0.1) is 0 Å². The summed E-state index contributed by atoms with van der Waals surface area (Å²) in [5.41, 5.74) is -0.270. The first-order valence-corrected chi connectivity index (χ1v) is 5.29.